The van der Waals surface area contributed by atoms with Gasteiger partial charge in [0.1, 0.15) is 0 Å². The van der Waals surface area contributed by atoms with Crippen molar-refractivity contribution < 1.29 is 9.47 Å². The molecule has 0 spiro atoms. The largest absolute Gasteiger partial charge is 0.378 e. The zero-order valence-corrected chi connectivity index (χ0v) is 13.1. The van der Waals surface area contributed by atoms with E-state index in [0.717, 1.165) is 26.1 Å². The SMILES string of the molecule is CC(C)CNCC1(CC2CCC(C)O2)CCOC1C. The Morgan fingerprint density at radius 1 is 1.26 bits per heavy atom. The fourth-order valence-corrected chi connectivity index (χ4v) is 3.49. The van der Waals surface area contributed by atoms with E-state index in [4.69, 9.17) is 9.47 Å². The van der Waals surface area contributed by atoms with E-state index in [9.17, 15) is 0 Å². The van der Waals surface area contributed by atoms with E-state index >= 15 is 0 Å². The molecule has 19 heavy (non-hydrogen) atoms. The van der Waals surface area contributed by atoms with E-state index in [-0.39, 0.29) is 5.41 Å². The van der Waals surface area contributed by atoms with Gasteiger partial charge in [0.25, 0.3) is 0 Å². The van der Waals surface area contributed by atoms with Crippen LogP contribution in [-0.2, 0) is 9.47 Å². The molecule has 2 aliphatic heterocycles. The number of hydrogen-bond acceptors (Lipinski definition) is 3. The van der Waals surface area contributed by atoms with Crippen LogP contribution in [0, 0.1) is 11.3 Å². The molecule has 1 N–H and O–H groups in total. The lowest BCUT2D eigenvalue weighted by Gasteiger charge is -2.35. The van der Waals surface area contributed by atoms with Crippen molar-refractivity contribution in [1.82, 2.24) is 5.32 Å². The quantitative estimate of drug-likeness (QED) is 0.804. The van der Waals surface area contributed by atoms with E-state index in [1.807, 2.05) is 0 Å². The summed E-state index contributed by atoms with van der Waals surface area (Å²) in [5.74, 6) is 0.706. The third kappa shape index (κ3) is 3.93. The standard InChI is InChI=1S/C16H31NO2/c1-12(2)10-17-11-16(7-8-18-14(16)4)9-15-6-5-13(3)19-15/h12-15,17H,5-11H2,1-4H3. The van der Waals surface area contributed by atoms with Gasteiger partial charge in [-0.15, -0.1) is 0 Å². The fraction of sp³-hybridized carbons (Fsp3) is 1.00. The van der Waals surface area contributed by atoms with Crippen LogP contribution in [0.15, 0.2) is 0 Å². The lowest BCUT2D eigenvalue weighted by molar-refractivity contribution is -0.00499. The summed E-state index contributed by atoms with van der Waals surface area (Å²) in [6.45, 7) is 12.0. The van der Waals surface area contributed by atoms with Crippen LogP contribution in [0.1, 0.15) is 53.4 Å². The Labute approximate surface area is 118 Å². The van der Waals surface area contributed by atoms with Crippen molar-refractivity contribution in [3.63, 3.8) is 0 Å². The predicted octanol–water partition coefficient (Wildman–Crippen LogP) is 2.98. The number of rotatable bonds is 6. The van der Waals surface area contributed by atoms with Crippen LogP contribution in [0.25, 0.3) is 0 Å². The van der Waals surface area contributed by atoms with Gasteiger partial charge in [-0.1, -0.05) is 13.8 Å². The predicted molar refractivity (Wildman–Crippen MR) is 78.4 cm³/mol. The Morgan fingerprint density at radius 3 is 2.58 bits per heavy atom. The lowest BCUT2D eigenvalue weighted by Crippen LogP contribution is -2.43. The first-order valence-corrected chi connectivity index (χ1v) is 7.99. The average Bonchev–Trinajstić information content (AvgIpc) is 2.87. The van der Waals surface area contributed by atoms with Crippen LogP contribution in [-0.4, -0.2) is 38.0 Å². The highest BCUT2D eigenvalue weighted by Gasteiger charge is 2.43. The van der Waals surface area contributed by atoms with Crippen molar-refractivity contribution in [3.8, 4) is 0 Å². The van der Waals surface area contributed by atoms with E-state index in [1.165, 1.54) is 19.3 Å². The van der Waals surface area contributed by atoms with Gasteiger partial charge in [0, 0.05) is 18.6 Å². The van der Waals surface area contributed by atoms with Crippen LogP contribution >= 0.6 is 0 Å². The molecule has 2 aliphatic rings. The highest BCUT2D eigenvalue weighted by molar-refractivity contribution is 4.94. The summed E-state index contributed by atoms with van der Waals surface area (Å²) in [4.78, 5) is 0. The topological polar surface area (TPSA) is 30.5 Å². The average molecular weight is 269 g/mol. The summed E-state index contributed by atoms with van der Waals surface area (Å²) in [6.07, 6.45) is 6.02. The first-order valence-electron chi connectivity index (χ1n) is 7.99. The molecule has 0 radical (unpaired) electrons. The van der Waals surface area contributed by atoms with Crippen molar-refractivity contribution in [3.05, 3.63) is 0 Å². The zero-order chi connectivity index (χ0) is 13.9. The van der Waals surface area contributed by atoms with Gasteiger partial charge in [-0.3, -0.25) is 0 Å². The summed E-state index contributed by atoms with van der Waals surface area (Å²) < 4.78 is 11.9. The second-order valence-corrected chi connectivity index (χ2v) is 7.00. The minimum Gasteiger partial charge on any atom is -0.378 e. The summed E-state index contributed by atoms with van der Waals surface area (Å²) in [6, 6.07) is 0. The molecule has 0 amide bonds. The molecule has 3 nitrogen and oxygen atoms in total. The maximum Gasteiger partial charge on any atom is 0.0617 e. The Morgan fingerprint density at radius 2 is 2.05 bits per heavy atom. The van der Waals surface area contributed by atoms with Gasteiger partial charge < -0.3 is 14.8 Å². The molecular formula is C16H31NO2. The maximum atomic E-state index is 6.04. The van der Waals surface area contributed by atoms with Crippen LogP contribution in [0.3, 0.4) is 0 Å². The smallest absolute Gasteiger partial charge is 0.0617 e. The van der Waals surface area contributed by atoms with Crippen molar-refractivity contribution in [2.75, 3.05) is 19.7 Å². The van der Waals surface area contributed by atoms with E-state index in [1.54, 1.807) is 0 Å². The van der Waals surface area contributed by atoms with Crippen LogP contribution < -0.4 is 5.32 Å². The molecule has 2 fully saturated rings. The van der Waals surface area contributed by atoms with Gasteiger partial charge in [-0.2, -0.15) is 0 Å². The molecule has 0 aromatic carbocycles. The molecule has 0 aliphatic carbocycles. The Hall–Kier alpha value is -0.120. The Balaban J connectivity index is 1.91. The Kier molecular flexibility index (Phi) is 5.27. The molecule has 2 saturated heterocycles. The van der Waals surface area contributed by atoms with Gasteiger partial charge in [0.15, 0.2) is 0 Å². The zero-order valence-electron chi connectivity index (χ0n) is 13.1. The molecule has 3 heteroatoms. The van der Waals surface area contributed by atoms with Gasteiger partial charge in [0.2, 0.25) is 0 Å². The van der Waals surface area contributed by atoms with E-state index in [2.05, 4.69) is 33.0 Å². The fourth-order valence-electron chi connectivity index (χ4n) is 3.49. The molecule has 112 valence electrons. The van der Waals surface area contributed by atoms with Crippen LogP contribution in [0.4, 0.5) is 0 Å². The second-order valence-electron chi connectivity index (χ2n) is 7.00. The molecule has 0 aromatic rings. The normalized spacial score (nSPS) is 39.3. The lowest BCUT2D eigenvalue weighted by atomic mass is 9.76. The summed E-state index contributed by atoms with van der Waals surface area (Å²) in [5, 5.41) is 3.65. The van der Waals surface area contributed by atoms with E-state index in [0.29, 0.717) is 24.2 Å². The maximum absolute atomic E-state index is 6.04. The minimum atomic E-state index is 0.281. The number of hydrogen-bond donors (Lipinski definition) is 1. The van der Waals surface area contributed by atoms with Gasteiger partial charge >= 0.3 is 0 Å². The Bertz CT molecular complexity index is 282. The first-order chi connectivity index (χ1) is 9.02. The van der Waals surface area contributed by atoms with Crippen molar-refractivity contribution in [2.45, 2.75) is 71.7 Å². The molecule has 0 bridgehead atoms. The van der Waals surface area contributed by atoms with Crippen molar-refractivity contribution in [2.24, 2.45) is 11.3 Å². The van der Waals surface area contributed by atoms with E-state index < -0.39 is 0 Å². The summed E-state index contributed by atoms with van der Waals surface area (Å²) >= 11 is 0. The monoisotopic (exact) mass is 269 g/mol. The molecule has 4 atom stereocenters. The van der Waals surface area contributed by atoms with Crippen molar-refractivity contribution in [1.29, 1.82) is 0 Å². The molecular weight excluding hydrogens is 238 g/mol. The second kappa shape index (κ2) is 6.55. The molecule has 4 unspecified atom stereocenters. The molecule has 0 saturated carbocycles. The number of nitrogens with one attached hydrogen (secondary N) is 1. The third-order valence-corrected chi connectivity index (χ3v) is 4.81. The molecule has 0 aromatic heterocycles. The highest BCUT2D eigenvalue weighted by atomic mass is 16.5. The summed E-state index contributed by atoms with van der Waals surface area (Å²) in [7, 11) is 0. The molecule has 2 rings (SSSR count). The van der Waals surface area contributed by atoms with Gasteiger partial charge in [-0.25, -0.2) is 0 Å². The van der Waals surface area contributed by atoms with Crippen LogP contribution in [0.5, 0.6) is 0 Å². The first kappa shape index (κ1) is 15.3. The minimum absolute atomic E-state index is 0.281. The number of ether oxygens (including phenoxy) is 2. The van der Waals surface area contributed by atoms with Gasteiger partial charge in [0.05, 0.1) is 18.3 Å². The third-order valence-electron chi connectivity index (χ3n) is 4.81. The van der Waals surface area contributed by atoms with Crippen molar-refractivity contribution >= 4 is 0 Å². The summed E-state index contributed by atoms with van der Waals surface area (Å²) in [5.41, 5.74) is 0.281. The molecule has 2 heterocycles. The highest BCUT2D eigenvalue weighted by Crippen LogP contribution is 2.41. The van der Waals surface area contributed by atoms with Gasteiger partial charge in [-0.05, 0) is 52.0 Å². The van der Waals surface area contributed by atoms with Crippen LogP contribution in [0.2, 0.25) is 0 Å².